The smallest absolute Gasteiger partial charge is 0.147 e. The minimum atomic E-state index is 0.709. The third-order valence-electron chi connectivity index (χ3n) is 1.07. The van der Waals surface area contributed by atoms with E-state index in [9.17, 15) is 4.79 Å². The molecule has 0 fully saturated rings. The van der Waals surface area contributed by atoms with Gasteiger partial charge >= 0.3 is 0 Å². The van der Waals surface area contributed by atoms with Crippen molar-refractivity contribution in [2.24, 2.45) is 0 Å². The van der Waals surface area contributed by atoms with Gasteiger partial charge in [0.1, 0.15) is 6.29 Å². The molecule has 0 spiro atoms. The average Bonchev–Trinajstić information content (AvgIpc) is 1.98. The summed E-state index contributed by atoms with van der Waals surface area (Å²) in [7, 11) is 1.78. The summed E-state index contributed by atoms with van der Waals surface area (Å²) in [4.78, 5) is 10.3. The van der Waals surface area contributed by atoms with E-state index in [1.54, 1.807) is 13.2 Å². The summed E-state index contributed by atoms with van der Waals surface area (Å²) in [5, 5.41) is 2.80. The molecule has 0 aliphatic rings. The van der Waals surface area contributed by atoms with E-state index >= 15 is 0 Å². The second kappa shape index (κ2) is 6.08. The van der Waals surface area contributed by atoms with Crippen LogP contribution in [0.1, 0.15) is 13.3 Å². The Balaban J connectivity index is 3.82. The van der Waals surface area contributed by atoms with Crippen molar-refractivity contribution in [2.45, 2.75) is 13.3 Å². The van der Waals surface area contributed by atoms with Crippen molar-refractivity contribution >= 4 is 6.29 Å². The molecule has 0 bridgehead atoms. The Morgan fingerprint density at radius 2 is 2.30 bits per heavy atom. The summed E-state index contributed by atoms with van der Waals surface area (Å²) in [6.45, 7) is 1.93. The first-order chi connectivity index (χ1) is 4.85. The van der Waals surface area contributed by atoms with Crippen LogP contribution in [0.25, 0.3) is 0 Å². The summed E-state index contributed by atoms with van der Waals surface area (Å²) in [6.07, 6.45) is 7.13. The van der Waals surface area contributed by atoms with E-state index in [2.05, 4.69) is 5.32 Å². The number of hydrogen-bond donors (Lipinski definition) is 1. The van der Waals surface area contributed by atoms with Crippen molar-refractivity contribution in [3.05, 3.63) is 23.9 Å². The fourth-order valence-corrected chi connectivity index (χ4v) is 0.580. The van der Waals surface area contributed by atoms with Gasteiger partial charge in [-0.1, -0.05) is 12.2 Å². The quantitative estimate of drug-likeness (QED) is 0.361. The SMILES string of the molecule is C/C=C\C/C(C=O)=C\NC. The molecule has 56 valence electrons. The van der Waals surface area contributed by atoms with Crippen molar-refractivity contribution in [1.82, 2.24) is 5.32 Å². The zero-order valence-electron chi connectivity index (χ0n) is 6.42. The van der Waals surface area contributed by atoms with Crippen molar-refractivity contribution in [3.63, 3.8) is 0 Å². The number of carbonyl (C=O) groups is 1. The molecule has 1 N–H and O–H groups in total. The maximum Gasteiger partial charge on any atom is 0.147 e. The molecule has 0 aromatic rings. The lowest BCUT2D eigenvalue weighted by molar-refractivity contribution is -0.105. The Kier molecular flexibility index (Phi) is 5.44. The van der Waals surface area contributed by atoms with Crippen LogP contribution in [0.3, 0.4) is 0 Å². The number of allylic oxidation sites excluding steroid dienone is 3. The van der Waals surface area contributed by atoms with Gasteiger partial charge in [-0.2, -0.15) is 0 Å². The Labute approximate surface area is 61.6 Å². The summed E-state index contributed by atoms with van der Waals surface area (Å²) < 4.78 is 0. The van der Waals surface area contributed by atoms with Crippen LogP contribution >= 0.6 is 0 Å². The molecule has 0 aromatic heterocycles. The fourth-order valence-electron chi connectivity index (χ4n) is 0.580. The summed E-state index contributed by atoms with van der Waals surface area (Å²) in [5.74, 6) is 0. The second-order valence-corrected chi connectivity index (χ2v) is 1.90. The van der Waals surface area contributed by atoms with Crippen LogP contribution in [0.4, 0.5) is 0 Å². The van der Waals surface area contributed by atoms with E-state index in [-0.39, 0.29) is 0 Å². The van der Waals surface area contributed by atoms with Crippen LogP contribution in [0, 0.1) is 0 Å². The molecule has 10 heavy (non-hydrogen) atoms. The van der Waals surface area contributed by atoms with Gasteiger partial charge in [0.05, 0.1) is 0 Å². The molecule has 0 heterocycles. The number of rotatable bonds is 4. The molecular weight excluding hydrogens is 126 g/mol. The van der Waals surface area contributed by atoms with Crippen LogP contribution in [0.5, 0.6) is 0 Å². The first-order valence-electron chi connectivity index (χ1n) is 3.27. The average molecular weight is 139 g/mol. The van der Waals surface area contributed by atoms with Gasteiger partial charge in [-0.25, -0.2) is 0 Å². The monoisotopic (exact) mass is 139 g/mol. The normalized spacial score (nSPS) is 12.0. The van der Waals surface area contributed by atoms with Crippen LogP contribution in [-0.2, 0) is 4.79 Å². The minimum Gasteiger partial charge on any atom is -0.394 e. The van der Waals surface area contributed by atoms with Crippen molar-refractivity contribution < 1.29 is 4.79 Å². The molecule has 0 aliphatic heterocycles. The number of carbonyl (C=O) groups excluding carboxylic acids is 1. The highest BCUT2D eigenvalue weighted by molar-refractivity contribution is 5.73. The molecule has 0 unspecified atom stereocenters. The molecule has 0 aliphatic carbocycles. The molecule has 2 heteroatoms. The Hall–Kier alpha value is -1.05. The van der Waals surface area contributed by atoms with Crippen LogP contribution in [0.2, 0.25) is 0 Å². The molecule has 0 saturated heterocycles. The van der Waals surface area contributed by atoms with Gasteiger partial charge in [0.25, 0.3) is 0 Å². The van der Waals surface area contributed by atoms with Crippen LogP contribution in [0.15, 0.2) is 23.9 Å². The van der Waals surface area contributed by atoms with Crippen LogP contribution in [-0.4, -0.2) is 13.3 Å². The zero-order chi connectivity index (χ0) is 7.82. The predicted octanol–water partition coefficient (Wildman–Crippen LogP) is 1.25. The first kappa shape index (κ1) is 8.95. The third-order valence-corrected chi connectivity index (χ3v) is 1.07. The van der Waals surface area contributed by atoms with Gasteiger partial charge in [-0.3, -0.25) is 4.79 Å². The van der Waals surface area contributed by atoms with Gasteiger partial charge in [0, 0.05) is 18.8 Å². The topological polar surface area (TPSA) is 29.1 Å². The molecule has 0 aromatic carbocycles. The Bertz CT molecular complexity index is 147. The van der Waals surface area contributed by atoms with E-state index in [0.717, 1.165) is 11.9 Å². The predicted molar refractivity (Wildman–Crippen MR) is 42.6 cm³/mol. The molecule has 0 radical (unpaired) electrons. The highest BCUT2D eigenvalue weighted by Crippen LogP contribution is 1.95. The molecule has 2 nitrogen and oxygen atoms in total. The Morgan fingerprint density at radius 1 is 1.60 bits per heavy atom. The van der Waals surface area contributed by atoms with Gasteiger partial charge in [0.15, 0.2) is 0 Å². The van der Waals surface area contributed by atoms with E-state index in [0.29, 0.717) is 6.42 Å². The number of hydrogen-bond acceptors (Lipinski definition) is 2. The van der Waals surface area contributed by atoms with E-state index in [1.807, 2.05) is 19.1 Å². The fraction of sp³-hybridized carbons (Fsp3) is 0.375. The maximum atomic E-state index is 10.3. The lowest BCUT2D eigenvalue weighted by Gasteiger charge is -1.92. The highest BCUT2D eigenvalue weighted by Gasteiger charge is 1.87. The van der Waals surface area contributed by atoms with Crippen molar-refractivity contribution in [3.8, 4) is 0 Å². The summed E-state index contributed by atoms with van der Waals surface area (Å²) >= 11 is 0. The van der Waals surface area contributed by atoms with Gasteiger partial charge in [-0.05, 0) is 13.3 Å². The molecule has 0 saturated carbocycles. The van der Waals surface area contributed by atoms with Gasteiger partial charge in [-0.15, -0.1) is 0 Å². The van der Waals surface area contributed by atoms with Crippen LogP contribution < -0.4 is 5.32 Å². The largest absolute Gasteiger partial charge is 0.394 e. The molecule has 0 amide bonds. The Morgan fingerprint density at radius 3 is 2.70 bits per heavy atom. The number of nitrogens with one attached hydrogen (secondary N) is 1. The minimum absolute atomic E-state index is 0.709. The lowest BCUT2D eigenvalue weighted by Crippen LogP contribution is -1.96. The van der Waals surface area contributed by atoms with E-state index in [1.165, 1.54) is 0 Å². The van der Waals surface area contributed by atoms with E-state index in [4.69, 9.17) is 0 Å². The van der Waals surface area contributed by atoms with Crippen molar-refractivity contribution in [2.75, 3.05) is 7.05 Å². The highest BCUT2D eigenvalue weighted by atomic mass is 16.1. The standard InChI is InChI=1S/C8H13NO/c1-3-4-5-8(7-10)6-9-2/h3-4,6-7,9H,5H2,1-2H3/b4-3-,8-6+. The lowest BCUT2D eigenvalue weighted by atomic mass is 10.2. The third kappa shape index (κ3) is 3.89. The first-order valence-corrected chi connectivity index (χ1v) is 3.27. The van der Waals surface area contributed by atoms with E-state index < -0.39 is 0 Å². The second-order valence-electron chi connectivity index (χ2n) is 1.90. The molecule has 0 rings (SSSR count). The molecule has 0 atom stereocenters. The molecular formula is C8H13NO. The van der Waals surface area contributed by atoms with Gasteiger partial charge in [0.2, 0.25) is 0 Å². The summed E-state index contributed by atoms with van der Waals surface area (Å²) in [6, 6.07) is 0. The van der Waals surface area contributed by atoms with Gasteiger partial charge < -0.3 is 5.32 Å². The zero-order valence-corrected chi connectivity index (χ0v) is 6.42. The van der Waals surface area contributed by atoms with Crippen molar-refractivity contribution in [1.29, 1.82) is 0 Å². The maximum absolute atomic E-state index is 10.3. The number of aldehydes is 1. The summed E-state index contributed by atoms with van der Waals surface area (Å²) in [5.41, 5.74) is 0.764.